The number of nitrogens with zero attached hydrogens (tertiary/aromatic N) is 3. The molecule has 3 rings (SSSR count). The molecule has 1 amide bonds. The lowest BCUT2D eigenvalue weighted by Gasteiger charge is -2.03. The summed E-state index contributed by atoms with van der Waals surface area (Å²) in [6.07, 6.45) is 0. The molecule has 0 radical (unpaired) electrons. The van der Waals surface area contributed by atoms with Crippen LogP contribution < -0.4 is 5.32 Å². The number of benzene rings is 2. The molecule has 0 aliphatic heterocycles. The maximum Gasteiger partial charge on any atom is 0.273 e. The van der Waals surface area contributed by atoms with E-state index in [1.165, 1.54) is 41.7 Å². The number of rotatable bonds is 5. The number of carbonyl (C=O) groups excluding carboxylic acids is 1. The van der Waals surface area contributed by atoms with E-state index in [0.717, 1.165) is 0 Å². The third kappa shape index (κ3) is 3.96. The van der Waals surface area contributed by atoms with Crippen molar-refractivity contribution in [3.8, 4) is 11.3 Å². The molecule has 10 heteroatoms. The molecule has 27 heavy (non-hydrogen) atoms. The van der Waals surface area contributed by atoms with Crippen LogP contribution in [0.3, 0.4) is 0 Å². The Balaban J connectivity index is 1.77. The molecule has 2 aromatic carbocycles. The zero-order chi connectivity index (χ0) is 19.6. The summed E-state index contributed by atoms with van der Waals surface area (Å²) >= 11 is 1.18. The Labute approximate surface area is 156 Å². The number of nitrogens with one attached hydrogen (secondary N) is 1. The quantitative estimate of drug-likeness (QED) is 0.519. The summed E-state index contributed by atoms with van der Waals surface area (Å²) in [5.74, 6) is -0.511. The van der Waals surface area contributed by atoms with Crippen molar-refractivity contribution in [2.45, 2.75) is 6.92 Å². The first kappa shape index (κ1) is 18.1. The highest BCUT2D eigenvalue weighted by Crippen LogP contribution is 2.27. The number of aryl methyl sites for hydroxylation is 1. The maximum absolute atomic E-state index is 12.3. The van der Waals surface area contributed by atoms with E-state index in [4.69, 9.17) is 0 Å². The lowest BCUT2D eigenvalue weighted by Crippen LogP contribution is -2.12. The Morgan fingerprint density at radius 2 is 1.78 bits per heavy atom. The molecule has 0 saturated heterocycles. The lowest BCUT2D eigenvalue weighted by molar-refractivity contribution is -0.385. The van der Waals surface area contributed by atoms with E-state index < -0.39 is 15.8 Å². The van der Waals surface area contributed by atoms with Crippen LogP contribution in [0.5, 0.6) is 0 Å². The molecule has 0 spiro atoms. The topological polar surface area (TPSA) is 128 Å². The molecule has 3 aromatic rings. The summed E-state index contributed by atoms with van der Waals surface area (Å²) < 4.78 is 0. The van der Waals surface area contributed by atoms with Gasteiger partial charge >= 0.3 is 0 Å². The predicted octanol–water partition coefficient (Wildman–Crippen LogP) is 4.19. The first-order valence-corrected chi connectivity index (χ1v) is 8.50. The Hall–Kier alpha value is -3.66. The SMILES string of the molecule is Cc1ccc(C(=O)Nc2nc(-c3ccc([N+](=O)[O-])cc3)cs2)cc1[N+](=O)[O-]. The molecule has 0 aliphatic rings. The van der Waals surface area contributed by atoms with Crippen LogP contribution in [0.1, 0.15) is 15.9 Å². The van der Waals surface area contributed by atoms with Gasteiger partial charge in [0.2, 0.25) is 0 Å². The molecule has 9 nitrogen and oxygen atoms in total. The number of hydrogen-bond donors (Lipinski definition) is 1. The van der Waals surface area contributed by atoms with Gasteiger partial charge in [0.05, 0.1) is 15.5 Å². The number of thiazole rings is 1. The molecular weight excluding hydrogens is 372 g/mol. The van der Waals surface area contributed by atoms with Gasteiger partial charge in [-0.3, -0.25) is 30.3 Å². The normalized spacial score (nSPS) is 10.4. The Kier molecular flexibility index (Phi) is 4.90. The first-order chi connectivity index (χ1) is 12.8. The van der Waals surface area contributed by atoms with Gasteiger partial charge in [-0.05, 0) is 25.1 Å². The van der Waals surface area contributed by atoms with Crippen molar-refractivity contribution in [2.24, 2.45) is 0 Å². The number of hydrogen-bond acceptors (Lipinski definition) is 7. The van der Waals surface area contributed by atoms with E-state index in [1.807, 2.05) is 0 Å². The fourth-order valence-electron chi connectivity index (χ4n) is 2.33. The number of non-ortho nitro benzene ring substituents is 1. The molecule has 0 saturated carbocycles. The van der Waals surface area contributed by atoms with Gasteiger partial charge in [0.15, 0.2) is 5.13 Å². The van der Waals surface area contributed by atoms with E-state index in [-0.39, 0.29) is 16.9 Å². The molecule has 136 valence electrons. The predicted molar refractivity (Wildman–Crippen MR) is 100.0 cm³/mol. The Morgan fingerprint density at radius 1 is 1.07 bits per heavy atom. The summed E-state index contributed by atoms with van der Waals surface area (Å²) in [7, 11) is 0. The van der Waals surface area contributed by atoms with E-state index in [1.54, 1.807) is 24.4 Å². The van der Waals surface area contributed by atoms with Gasteiger partial charge in [-0.25, -0.2) is 4.98 Å². The van der Waals surface area contributed by atoms with Crippen molar-refractivity contribution in [3.63, 3.8) is 0 Å². The summed E-state index contributed by atoms with van der Waals surface area (Å²) in [4.78, 5) is 37.3. The van der Waals surface area contributed by atoms with Gasteiger partial charge in [-0.15, -0.1) is 11.3 Å². The van der Waals surface area contributed by atoms with Gasteiger partial charge in [-0.1, -0.05) is 6.07 Å². The van der Waals surface area contributed by atoms with E-state index in [0.29, 0.717) is 22.0 Å². The van der Waals surface area contributed by atoms with Crippen LogP contribution in [-0.2, 0) is 0 Å². The van der Waals surface area contributed by atoms with Gasteiger partial charge in [0, 0.05) is 40.3 Å². The summed E-state index contributed by atoms with van der Waals surface area (Å²) in [6, 6.07) is 10.1. The number of nitro benzene ring substituents is 2. The van der Waals surface area contributed by atoms with Gasteiger partial charge in [0.1, 0.15) is 0 Å². The van der Waals surface area contributed by atoms with Gasteiger partial charge < -0.3 is 0 Å². The molecule has 0 aliphatic carbocycles. The molecule has 0 fully saturated rings. The first-order valence-electron chi connectivity index (χ1n) is 7.62. The van der Waals surface area contributed by atoms with Crippen molar-refractivity contribution in [1.82, 2.24) is 4.98 Å². The fourth-order valence-corrected chi connectivity index (χ4v) is 3.05. The van der Waals surface area contributed by atoms with Crippen molar-refractivity contribution >= 4 is 33.8 Å². The van der Waals surface area contributed by atoms with Crippen LogP contribution in [-0.4, -0.2) is 20.7 Å². The largest absolute Gasteiger partial charge is 0.298 e. The second kappa shape index (κ2) is 7.30. The Morgan fingerprint density at radius 3 is 2.41 bits per heavy atom. The number of amides is 1. The van der Waals surface area contributed by atoms with Crippen LogP contribution in [0.15, 0.2) is 47.8 Å². The zero-order valence-corrected chi connectivity index (χ0v) is 14.7. The molecule has 1 aromatic heterocycles. The van der Waals surface area contributed by atoms with Crippen LogP contribution in [0.25, 0.3) is 11.3 Å². The second-order valence-corrected chi connectivity index (χ2v) is 6.41. The molecule has 0 bridgehead atoms. The smallest absolute Gasteiger partial charge is 0.273 e. The minimum atomic E-state index is -0.539. The molecule has 1 heterocycles. The van der Waals surface area contributed by atoms with Crippen LogP contribution >= 0.6 is 11.3 Å². The third-order valence-electron chi connectivity index (χ3n) is 3.77. The number of nitro groups is 2. The maximum atomic E-state index is 12.3. The monoisotopic (exact) mass is 384 g/mol. The highest BCUT2D eigenvalue weighted by Gasteiger charge is 2.16. The molecule has 0 unspecified atom stereocenters. The highest BCUT2D eigenvalue weighted by molar-refractivity contribution is 7.14. The number of carbonyl (C=O) groups is 1. The van der Waals surface area contributed by atoms with Gasteiger partial charge in [0.25, 0.3) is 17.3 Å². The summed E-state index contributed by atoms with van der Waals surface area (Å²) in [5.41, 5.74) is 1.69. The van der Waals surface area contributed by atoms with Crippen LogP contribution in [0, 0.1) is 27.2 Å². The minimum absolute atomic E-state index is 0.0246. The summed E-state index contributed by atoms with van der Waals surface area (Å²) in [5, 5.41) is 26.3. The molecule has 0 atom stereocenters. The standard InChI is InChI=1S/C17H12N4O5S/c1-10-2-3-12(8-15(10)21(25)26)16(22)19-17-18-14(9-27-17)11-4-6-13(7-5-11)20(23)24/h2-9H,1H3,(H,18,19,22). The number of anilines is 1. The summed E-state index contributed by atoms with van der Waals surface area (Å²) in [6.45, 7) is 1.59. The van der Waals surface area contributed by atoms with Crippen molar-refractivity contribution in [3.05, 3.63) is 79.2 Å². The van der Waals surface area contributed by atoms with E-state index >= 15 is 0 Å². The fraction of sp³-hybridized carbons (Fsp3) is 0.0588. The van der Waals surface area contributed by atoms with E-state index in [2.05, 4.69) is 10.3 Å². The van der Waals surface area contributed by atoms with Crippen molar-refractivity contribution in [1.29, 1.82) is 0 Å². The third-order valence-corrected chi connectivity index (χ3v) is 4.52. The number of aromatic nitrogens is 1. The average Bonchev–Trinajstić information content (AvgIpc) is 3.10. The Bertz CT molecular complexity index is 1050. The lowest BCUT2D eigenvalue weighted by atomic mass is 10.1. The van der Waals surface area contributed by atoms with Crippen molar-refractivity contribution in [2.75, 3.05) is 5.32 Å². The molecular formula is C17H12N4O5S. The average molecular weight is 384 g/mol. The minimum Gasteiger partial charge on any atom is -0.298 e. The van der Waals surface area contributed by atoms with Gasteiger partial charge in [-0.2, -0.15) is 0 Å². The van der Waals surface area contributed by atoms with Crippen molar-refractivity contribution < 1.29 is 14.6 Å². The van der Waals surface area contributed by atoms with E-state index in [9.17, 15) is 25.0 Å². The second-order valence-electron chi connectivity index (χ2n) is 5.55. The zero-order valence-electron chi connectivity index (χ0n) is 13.9. The van der Waals surface area contributed by atoms with Crippen LogP contribution in [0.4, 0.5) is 16.5 Å². The van der Waals surface area contributed by atoms with Crippen LogP contribution in [0.2, 0.25) is 0 Å². The molecule has 1 N–H and O–H groups in total. The highest BCUT2D eigenvalue weighted by atomic mass is 32.1.